The van der Waals surface area contributed by atoms with Crippen LogP contribution in [0.15, 0.2) is 71.6 Å². The number of anilines is 2. The predicted octanol–water partition coefficient (Wildman–Crippen LogP) is 7.99. The monoisotopic (exact) mass is 491 g/mol. The van der Waals surface area contributed by atoms with E-state index in [9.17, 15) is 18.0 Å². The fourth-order valence-electron chi connectivity index (χ4n) is 3.25. The number of hydrogen-bond acceptors (Lipinski definition) is 3. The number of carbonyl (C=O) groups is 1. The summed E-state index contributed by atoms with van der Waals surface area (Å²) in [6.07, 6.45) is -0.468. The summed E-state index contributed by atoms with van der Waals surface area (Å²) in [6, 6.07) is 17.4. The fourth-order valence-corrected chi connectivity index (χ4v) is 4.42. The Bertz CT molecular complexity index is 1150. The maximum atomic E-state index is 13.3. The molecule has 0 aliphatic carbocycles. The molecule has 3 nitrogen and oxygen atoms in total. The van der Waals surface area contributed by atoms with Gasteiger partial charge in [0.1, 0.15) is 5.75 Å². The van der Waals surface area contributed by atoms with Crippen LogP contribution < -0.4 is 9.64 Å². The number of thioether (sulfide) groups is 1. The summed E-state index contributed by atoms with van der Waals surface area (Å²) in [4.78, 5) is 14.3. The van der Waals surface area contributed by atoms with Gasteiger partial charge in [0.15, 0.2) is 0 Å². The van der Waals surface area contributed by atoms with E-state index in [1.165, 1.54) is 17.6 Å². The third kappa shape index (κ3) is 5.92. The van der Waals surface area contributed by atoms with Crippen molar-refractivity contribution in [1.82, 2.24) is 0 Å². The number of ether oxygens (including phenoxy) is 1. The van der Waals surface area contributed by atoms with Crippen LogP contribution in [0, 0.1) is 0 Å². The van der Waals surface area contributed by atoms with Crippen molar-refractivity contribution < 1.29 is 22.7 Å². The number of hydrogen-bond donors (Lipinski definition) is 0. The molecule has 172 valence electrons. The molecule has 0 saturated heterocycles. The second-order valence-electron chi connectivity index (χ2n) is 6.97. The van der Waals surface area contributed by atoms with E-state index in [1.54, 1.807) is 17.8 Å². The van der Waals surface area contributed by atoms with Crippen molar-refractivity contribution in [2.24, 2.45) is 0 Å². The second kappa shape index (κ2) is 10.8. The van der Waals surface area contributed by atoms with Gasteiger partial charge in [-0.3, -0.25) is 9.69 Å². The van der Waals surface area contributed by atoms with Gasteiger partial charge in [0, 0.05) is 10.6 Å². The molecule has 0 aromatic heterocycles. The summed E-state index contributed by atoms with van der Waals surface area (Å²) in [5.41, 5.74) is 1.47. The Balaban J connectivity index is 2.01. The first kappa shape index (κ1) is 24.7. The molecule has 0 aliphatic heterocycles. The number of benzene rings is 3. The quantitative estimate of drug-likeness (QED) is 0.236. The number of halogens is 4. The van der Waals surface area contributed by atoms with E-state index in [1.807, 2.05) is 61.5 Å². The van der Waals surface area contributed by atoms with Crippen molar-refractivity contribution in [2.75, 3.05) is 12.0 Å². The van der Waals surface area contributed by atoms with Crippen molar-refractivity contribution in [3.63, 3.8) is 0 Å². The summed E-state index contributed by atoms with van der Waals surface area (Å²) in [5, 5.41) is -0.521. The number of allylic oxidation sites excluding steroid dienone is 1. The van der Waals surface area contributed by atoms with Crippen LogP contribution in [0.1, 0.15) is 23.6 Å². The highest BCUT2D eigenvalue weighted by Gasteiger charge is 2.35. The minimum absolute atomic E-state index is 0.112. The Labute approximate surface area is 199 Å². The smallest absolute Gasteiger partial charge is 0.417 e. The SMILES string of the molecule is C/C=C\c1cc(SCc2ccccc2)ccc1N(C=O)c1cc(Cl)c(C(F)(F)F)cc1OC. The van der Waals surface area contributed by atoms with Gasteiger partial charge in [0.25, 0.3) is 0 Å². The van der Waals surface area contributed by atoms with Crippen molar-refractivity contribution in [3.8, 4) is 5.75 Å². The van der Waals surface area contributed by atoms with Crippen molar-refractivity contribution >= 4 is 47.2 Å². The largest absolute Gasteiger partial charge is 0.495 e. The van der Waals surface area contributed by atoms with Crippen LogP contribution in [0.25, 0.3) is 6.08 Å². The average molecular weight is 492 g/mol. The molecule has 0 atom stereocenters. The van der Waals surface area contributed by atoms with E-state index in [0.717, 1.165) is 28.3 Å². The first-order valence-corrected chi connectivity index (χ1v) is 11.3. The highest BCUT2D eigenvalue weighted by molar-refractivity contribution is 7.98. The standard InChI is InChI=1S/C25H21ClF3NO2S/c1-3-7-18-12-19(33-15-17-8-5-4-6-9-17)10-11-22(18)30(16-31)23-14-21(26)20(25(27,28)29)13-24(23)32-2/h3-14,16H,15H2,1-2H3/b7-3-. The topological polar surface area (TPSA) is 29.5 Å². The highest BCUT2D eigenvalue weighted by atomic mass is 35.5. The number of carbonyl (C=O) groups excluding carboxylic acids is 1. The van der Waals surface area contributed by atoms with Crippen LogP contribution in [0.5, 0.6) is 5.75 Å². The normalized spacial score (nSPS) is 11.6. The Hall–Kier alpha value is -2.90. The van der Waals surface area contributed by atoms with Crippen LogP contribution in [0.2, 0.25) is 5.02 Å². The minimum Gasteiger partial charge on any atom is -0.495 e. The lowest BCUT2D eigenvalue weighted by Crippen LogP contribution is -2.17. The van der Waals surface area contributed by atoms with E-state index in [2.05, 4.69) is 0 Å². The minimum atomic E-state index is -4.65. The Kier molecular flexibility index (Phi) is 8.10. The molecule has 3 aromatic carbocycles. The zero-order chi connectivity index (χ0) is 24.0. The van der Waals surface area contributed by atoms with Crippen LogP contribution in [-0.4, -0.2) is 13.5 Å². The van der Waals surface area contributed by atoms with E-state index in [4.69, 9.17) is 16.3 Å². The van der Waals surface area contributed by atoms with Gasteiger partial charge >= 0.3 is 6.18 Å². The molecular weight excluding hydrogens is 471 g/mol. The molecule has 0 unspecified atom stereocenters. The predicted molar refractivity (Wildman–Crippen MR) is 128 cm³/mol. The molecule has 0 saturated carbocycles. The first-order chi connectivity index (χ1) is 15.8. The lowest BCUT2D eigenvalue weighted by Gasteiger charge is -2.24. The molecule has 0 heterocycles. The van der Waals surface area contributed by atoms with E-state index >= 15 is 0 Å². The summed E-state index contributed by atoms with van der Waals surface area (Å²) in [6.45, 7) is 1.84. The zero-order valence-corrected chi connectivity index (χ0v) is 19.5. The number of methoxy groups -OCH3 is 1. The molecule has 0 N–H and O–H groups in total. The lowest BCUT2D eigenvalue weighted by molar-refractivity contribution is -0.137. The number of alkyl halides is 3. The molecular formula is C25H21ClF3NO2S. The zero-order valence-electron chi connectivity index (χ0n) is 17.9. The molecule has 0 fully saturated rings. The van der Waals surface area contributed by atoms with Crippen molar-refractivity contribution in [1.29, 1.82) is 0 Å². The highest BCUT2D eigenvalue weighted by Crippen LogP contribution is 2.44. The van der Waals surface area contributed by atoms with Gasteiger partial charge in [0.2, 0.25) is 6.41 Å². The van der Waals surface area contributed by atoms with Gasteiger partial charge in [-0.2, -0.15) is 13.2 Å². The van der Waals surface area contributed by atoms with Gasteiger partial charge in [-0.25, -0.2) is 0 Å². The molecule has 33 heavy (non-hydrogen) atoms. The van der Waals surface area contributed by atoms with Crippen LogP contribution >= 0.6 is 23.4 Å². The van der Waals surface area contributed by atoms with Gasteiger partial charge in [-0.15, -0.1) is 11.8 Å². The first-order valence-electron chi connectivity index (χ1n) is 9.91. The molecule has 0 radical (unpaired) electrons. The maximum Gasteiger partial charge on any atom is 0.417 e. The maximum absolute atomic E-state index is 13.3. The van der Waals surface area contributed by atoms with Gasteiger partial charge < -0.3 is 4.74 Å². The Morgan fingerprint density at radius 2 is 1.79 bits per heavy atom. The van der Waals surface area contributed by atoms with Gasteiger partial charge in [-0.05, 0) is 48.4 Å². The Morgan fingerprint density at radius 3 is 2.39 bits per heavy atom. The number of amides is 1. The van der Waals surface area contributed by atoms with Crippen molar-refractivity contribution in [2.45, 2.75) is 23.7 Å². The summed E-state index contributed by atoms with van der Waals surface area (Å²) < 4.78 is 45.0. The average Bonchev–Trinajstić information content (AvgIpc) is 2.79. The number of rotatable bonds is 8. The third-order valence-electron chi connectivity index (χ3n) is 4.79. The second-order valence-corrected chi connectivity index (χ2v) is 8.43. The molecule has 0 spiro atoms. The molecule has 3 aromatic rings. The third-order valence-corrected chi connectivity index (χ3v) is 6.17. The molecule has 0 aliphatic rings. The molecule has 1 amide bonds. The summed E-state index contributed by atoms with van der Waals surface area (Å²) >= 11 is 7.56. The Morgan fingerprint density at radius 1 is 1.06 bits per heavy atom. The van der Waals surface area contributed by atoms with Crippen molar-refractivity contribution in [3.05, 3.63) is 88.5 Å². The summed E-state index contributed by atoms with van der Waals surface area (Å²) in [7, 11) is 1.24. The van der Waals surface area contributed by atoms with Gasteiger partial charge in [0.05, 0.1) is 29.1 Å². The molecule has 3 rings (SSSR count). The van der Waals surface area contributed by atoms with E-state index < -0.39 is 16.8 Å². The van der Waals surface area contributed by atoms with Gasteiger partial charge in [-0.1, -0.05) is 54.1 Å². The van der Waals surface area contributed by atoms with Crippen LogP contribution in [-0.2, 0) is 16.7 Å². The molecule has 8 heteroatoms. The van der Waals surface area contributed by atoms with Crippen LogP contribution in [0.3, 0.4) is 0 Å². The molecule has 0 bridgehead atoms. The van der Waals surface area contributed by atoms with Crippen LogP contribution in [0.4, 0.5) is 24.5 Å². The fraction of sp³-hybridized carbons (Fsp3) is 0.160. The van der Waals surface area contributed by atoms with E-state index in [0.29, 0.717) is 12.1 Å². The summed E-state index contributed by atoms with van der Waals surface area (Å²) in [5.74, 6) is 0.655. The van der Waals surface area contributed by atoms with E-state index in [-0.39, 0.29) is 11.4 Å². The number of nitrogens with zero attached hydrogens (tertiary/aromatic N) is 1. The lowest BCUT2D eigenvalue weighted by atomic mass is 10.1.